The summed E-state index contributed by atoms with van der Waals surface area (Å²) >= 11 is 0. The minimum atomic E-state index is -0.684. The molecule has 1 unspecified atom stereocenters. The van der Waals surface area contributed by atoms with Crippen LogP contribution in [0.1, 0.15) is 79.1 Å². The number of carbonyl (C=O) groups excluding carboxylic acids is 1. The summed E-state index contributed by atoms with van der Waals surface area (Å²) in [6.45, 7) is 8.60. The van der Waals surface area contributed by atoms with Gasteiger partial charge < -0.3 is 5.11 Å². The molecule has 0 radical (unpaired) electrons. The van der Waals surface area contributed by atoms with Gasteiger partial charge in [-0.1, -0.05) is 45.3 Å². The van der Waals surface area contributed by atoms with Gasteiger partial charge in [0.25, 0.3) is 0 Å². The number of aliphatic hydroxyl groups is 1. The van der Waals surface area contributed by atoms with Crippen LogP contribution in [0.25, 0.3) is 0 Å². The number of carbonyl (C=O) groups is 1. The molecule has 0 aromatic rings. The molecule has 2 nitrogen and oxygen atoms in total. The zero-order valence-electron chi connectivity index (χ0n) is 13.6. The molecule has 1 atom stereocenters. The van der Waals surface area contributed by atoms with Gasteiger partial charge >= 0.3 is 0 Å². The second kappa shape index (κ2) is 5.29. The summed E-state index contributed by atoms with van der Waals surface area (Å²) in [4.78, 5) is 11.5. The van der Waals surface area contributed by atoms with Crippen LogP contribution in [0, 0.1) is 10.8 Å². The number of rotatable bonds is 5. The van der Waals surface area contributed by atoms with E-state index in [0.29, 0.717) is 5.78 Å². The number of ketones is 1. The van der Waals surface area contributed by atoms with Crippen molar-refractivity contribution in [1.29, 1.82) is 0 Å². The molecule has 1 N–H and O–H groups in total. The highest BCUT2D eigenvalue weighted by Gasteiger charge is 2.45. The molecule has 0 heterocycles. The maximum absolute atomic E-state index is 11.5. The molecule has 2 rings (SSSR count). The van der Waals surface area contributed by atoms with Crippen LogP contribution in [-0.2, 0) is 4.79 Å². The van der Waals surface area contributed by atoms with Gasteiger partial charge in [-0.3, -0.25) is 4.79 Å². The first-order chi connectivity index (χ1) is 9.15. The molecule has 20 heavy (non-hydrogen) atoms. The lowest BCUT2D eigenvalue weighted by atomic mass is 9.59. The molecule has 0 aromatic heterocycles. The van der Waals surface area contributed by atoms with Gasteiger partial charge in [-0.05, 0) is 43.4 Å². The Bertz CT molecular complexity index is 407. The van der Waals surface area contributed by atoms with Crippen molar-refractivity contribution in [1.82, 2.24) is 0 Å². The maximum atomic E-state index is 11.5. The smallest absolute Gasteiger partial charge is 0.134 e. The highest BCUT2D eigenvalue weighted by Crippen LogP contribution is 2.51. The van der Waals surface area contributed by atoms with Gasteiger partial charge in [0.1, 0.15) is 5.78 Å². The number of Topliss-reactive ketones (excluding diaryl/α,β-unsaturated/α-hetero) is 1. The Hall–Kier alpha value is -0.630. The Morgan fingerprint density at radius 3 is 2.35 bits per heavy atom. The van der Waals surface area contributed by atoms with Gasteiger partial charge in [-0.2, -0.15) is 0 Å². The fourth-order valence-electron chi connectivity index (χ4n) is 4.51. The Balaban J connectivity index is 2.10. The molecular formula is C18H30O2. The summed E-state index contributed by atoms with van der Waals surface area (Å²) in [5.74, 6) is 0.420. The van der Waals surface area contributed by atoms with E-state index in [1.807, 2.05) is 6.92 Å². The van der Waals surface area contributed by atoms with Crippen LogP contribution in [0.4, 0.5) is 0 Å². The van der Waals surface area contributed by atoms with Crippen LogP contribution < -0.4 is 0 Å². The predicted molar refractivity (Wildman–Crippen MR) is 82.5 cm³/mol. The molecule has 2 aliphatic rings. The van der Waals surface area contributed by atoms with E-state index in [0.717, 1.165) is 38.5 Å². The molecule has 1 saturated carbocycles. The SMILES string of the molecule is CCCCC1(CC2=CC(C)(O)CC(C)(C)C2)CC(=O)C1. The van der Waals surface area contributed by atoms with Crippen LogP contribution in [0.2, 0.25) is 0 Å². The third kappa shape index (κ3) is 3.72. The summed E-state index contributed by atoms with van der Waals surface area (Å²) in [6.07, 6.45) is 10.1. The van der Waals surface area contributed by atoms with Crippen LogP contribution >= 0.6 is 0 Å². The third-order valence-corrected chi connectivity index (χ3v) is 4.86. The summed E-state index contributed by atoms with van der Waals surface area (Å²) in [6, 6.07) is 0. The molecule has 0 aromatic carbocycles. The van der Waals surface area contributed by atoms with Crippen molar-refractivity contribution in [2.45, 2.75) is 84.7 Å². The summed E-state index contributed by atoms with van der Waals surface area (Å²) < 4.78 is 0. The molecule has 0 spiro atoms. The third-order valence-electron chi connectivity index (χ3n) is 4.86. The minimum Gasteiger partial charge on any atom is -0.386 e. The molecule has 2 aliphatic carbocycles. The van der Waals surface area contributed by atoms with Crippen molar-refractivity contribution in [3.05, 3.63) is 11.6 Å². The second-order valence-corrected chi connectivity index (χ2v) is 8.35. The Morgan fingerprint density at radius 2 is 1.85 bits per heavy atom. The van der Waals surface area contributed by atoms with Crippen molar-refractivity contribution < 1.29 is 9.90 Å². The number of allylic oxidation sites excluding steroid dienone is 1. The van der Waals surface area contributed by atoms with E-state index in [4.69, 9.17) is 0 Å². The lowest BCUT2D eigenvalue weighted by Gasteiger charge is -2.45. The van der Waals surface area contributed by atoms with Crippen LogP contribution in [0.5, 0.6) is 0 Å². The van der Waals surface area contributed by atoms with E-state index in [2.05, 4.69) is 26.8 Å². The van der Waals surface area contributed by atoms with Crippen molar-refractivity contribution >= 4 is 5.78 Å². The van der Waals surface area contributed by atoms with E-state index in [1.54, 1.807) is 0 Å². The molecule has 1 fully saturated rings. The fraction of sp³-hybridized carbons (Fsp3) is 0.833. The molecule has 0 amide bonds. The van der Waals surface area contributed by atoms with Gasteiger partial charge in [0.2, 0.25) is 0 Å². The second-order valence-electron chi connectivity index (χ2n) is 8.35. The summed E-state index contributed by atoms with van der Waals surface area (Å²) in [5.41, 5.74) is 1.06. The average molecular weight is 278 g/mol. The lowest BCUT2D eigenvalue weighted by Crippen LogP contribution is -2.40. The van der Waals surface area contributed by atoms with Gasteiger partial charge in [-0.25, -0.2) is 0 Å². The maximum Gasteiger partial charge on any atom is 0.134 e. The van der Waals surface area contributed by atoms with Crippen molar-refractivity contribution in [2.24, 2.45) is 10.8 Å². The van der Waals surface area contributed by atoms with E-state index >= 15 is 0 Å². The van der Waals surface area contributed by atoms with Crippen molar-refractivity contribution in [3.63, 3.8) is 0 Å². The molecule has 2 heteroatoms. The predicted octanol–water partition coefficient (Wildman–Crippen LogP) is 4.41. The van der Waals surface area contributed by atoms with Crippen molar-refractivity contribution in [3.8, 4) is 0 Å². The molecule has 0 aliphatic heterocycles. The highest BCUT2D eigenvalue weighted by atomic mass is 16.3. The zero-order chi connectivity index (χ0) is 15.0. The highest BCUT2D eigenvalue weighted by molar-refractivity contribution is 5.86. The van der Waals surface area contributed by atoms with Crippen LogP contribution in [-0.4, -0.2) is 16.5 Å². The number of hydrogen-bond acceptors (Lipinski definition) is 2. The first kappa shape index (κ1) is 15.8. The van der Waals surface area contributed by atoms with E-state index in [-0.39, 0.29) is 10.8 Å². The standard InChI is InChI=1S/C18H30O2/c1-5-6-7-18(11-15(19)12-18)10-14-8-16(2,3)13-17(4,20)9-14/h9,20H,5-8,10-13H2,1-4H3. The average Bonchev–Trinajstić information content (AvgIpc) is 2.19. The van der Waals surface area contributed by atoms with Crippen molar-refractivity contribution in [2.75, 3.05) is 0 Å². The van der Waals surface area contributed by atoms with Gasteiger partial charge in [-0.15, -0.1) is 0 Å². The first-order valence-electron chi connectivity index (χ1n) is 8.10. The Labute approximate surface area is 123 Å². The summed E-state index contributed by atoms with van der Waals surface area (Å²) in [5, 5.41) is 10.5. The number of hydrogen-bond donors (Lipinski definition) is 1. The first-order valence-corrected chi connectivity index (χ1v) is 8.10. The topological polar surface area (TPSA) is 37.3 Å². The molecule has 0 saturated heterocycles. The molecular weight excluding hydrogens is 248 g/mol. The lowest BCUT2D eigenvalue weighted by molar-refractivity contribution is -0.133. The summed E-state index contributed by atoms with van der Waals surface area (Å²) in [7, 11) is 0. The van der Waals surface area contributed by atoms with Crippen LogP contribution in [0.3, 0.4) is 0 Å². The Kier molecular flexibility index (Phi) is 4.17. The van der Waals surface area contributed by atoms with Gasteiger partial charge in [0, 0.05) is 12.8 Å². The van der Waals surface area contributed by atoms with E-state index in [9.17, 15) is 9.90 Å². The van der Waals surface area contributed by atoms with Gasteiger partial charge in [0.05, 0.1) is 5.60 Å². The normalized spacial score (nSPS) is 31.6. The zero-order valence-corrected chi connectivity index (χ0v) is 13.6. The largest absolute Gasteiger partial charge is 0.386 e. The monoisotopic (exact) mass is 278 g/mol. The quantitative estimate of drug-likeness (QED) is 0.756. The molecule has 0 bridgehead atoms. The van der Waals surface area contributed by atoms with E-state index in [1.165, 1.54) is 18.4 Å². The minimum absolute atomic E-state index is 0.160. The molecule has 114 valence electrons. The number of unbranched alkanes of at least 4 members (excludes halogenated alkanes) is 1. The van der Waals surface area contributed by atoms with Gasteiger partial charge in [0.15, 0.2) is 0 Å². The Morgan fingerprint density at radius 1 is 1.20 bits per heavy atom. The van der Waals surface area contributed by atoms with E-state index < -0.39 is 5.60 Å². The fourth-order valence-corrected chi connectivity index (χ4v) is 4.51. The van der Waals surface area contributed by atoms with Crippen LogP contribution in [0.15, 0.2) is 11.6 Å².